The van der Waals surface area contributed by atoms with E-state index in [1.54, 1.807) is 30.3 Å². The van der Waals surface area contributed by atoms with E-state index in [-0.39, 0.29) is 30.0 Å². The van der Waals surface area contributed by atoms with Crippen LogP contribution in [0.1, 0.15) is 16.7 Å². The van der Waals surface area contributed by atoms with Crippen molar-refractivity contribution in [3.05, 3.63) is 100 Å². The van der Waals surface area contributed by atoms with Gasteiger partial charge in [-0.3, -0.25) is 24.6 Å². The topological polar surface area (TPSA) is 99.0 Å². The van der Waals surface area contributed by atoms with Crippen LogP contribution in [-0.4, -0.2) is 28.1 Å². The van der Waals surface area contributed by atoms with Crippen LogP contribution in [0.2, 0.25) is 0 Å². The Kier molecular flexibility index (Phi) is 8.32. The van der Waals surface area contributed by atoms with Crippen molar-refractivity contribution in [2.24, 2.45) is 0 Å². The summed E-state index contributed by atoms with van der Waals surface area (Å²) in [7, 11) is 1.50. The van der Waals surface area contributed by atoms with Gasteiger partial charge >= 0.3 is 0 Å². The number of thioether (sulfide) groups is 1. The molecule has 1 aliphatic rings. The highest BCUT2D eigenvalue weighted by atomic mass is 127. The fraction of sp³-hybridized carbons (Fsp3) is 0.120. The lowest BCUT2D eigenvalue weighted by Crippen LogP contribution is -2.27. The Hall–Kier alpha value is -2.90. The average molecular weight is 681 g/mol. The van der Waals surface area contributed by atoms with Gasteiger partial charge in [0.05, 0.1) is 23.5 Å². The number of rotatable bonds is 8. The van der Waals surface area contributed by atoms with E-state index >= 15 is 0 Å². The first-order chi connectivity index (χ1) is 17.2. The number of halogens is 2. The molecular formula is C25H18BrIN2O6S. The normalized spacial score (nSPS) is 14.4. The molecule has 1 heterocycles. The van der Waals surface area contributed by atoms with E-state index in [2.05, 4.69) is 38.5 Å². The maximum Gasteiger partial charge on any atom is 0.293 e. The van der Waals surface area contributed by atoms with E-state index in [1.807, 2.05) is 24.3 Å². The van der Waals surface area contributed by atoms with Crippen molar-refractivity contribution >= 4 is 73.2 Å². The van der Waals surface area contributed by atoms with Gasteiger partial charge in [-0.1, -0.05) is 28.1 Å². The molecule has 4 rings (SSSR count). The molecule has 1 saturated heterocycles. The number of methoxy groups -OCH3 is 1. The predicted octanol–water partition coefficient (Wildman–Crippen LogP) is 6.79. The molecule has 0 atom stereocenters. The smallest absolute Gasteiger partial charge is 0.293 e. The monoisotopic (exact) mass is 680 g/mol. The van der Waals surface area contributed by atoms with Crippen LogP contribution in [-0.2, 0) is 17.9 Å². The molecule has 36 heavy (non-hydrogen) atoms. The molecule has 0 bridgehead atoms. The Bertz CT molecular complexity index is 1360. The van der Waals surface area contributed by atoms with Crippen molar-refractivity contribution in [3.8, 4) is 11.5 Å². The van der Waals surface area contributed by atoms with Gasteiger partial charge in [-0.2, -0.15) is 0 Å². The van der Waals surface area contributed by atoms with Crippen LogP contribution in [0.4, 0.5) is 10.5 Å². The second kappa shape index (κ2) is 11.4. The summed E-state index contributed by atoms with van der Waals surface area (Å²) in [6.07, 6.45) is 1.64. The van der Waals surface area contributed by atoms with Crippen molar-refractivity contribution in [2.75, 3.05) is 7.11 Å². The number of nitro groups is 1. The minimum absolute atomic E-state index is 0.00591. The van der Waals surface area contributed by atoms with Crippen LogP contribution in [0.5, 0.6) is 11.5 Å². The van der Waals surface area contributed by atoms with E-state index in [4.69, 9.17) is 9.47 Å². The number of benzene rings is 3. The lowest BCUT2D eigenvalue weighted by molar-refractivity contribution is -0.384. The fourth-order valence-corrected chi connectivity index (χ4v) is 4.98. The molecule has 8 nitrogen and oxygen atoms in total. The number of nitro benzene ring substituents is 1. The molecule has 3 aromatic rings. The third kappa shape index (κ3) is 6.08. The van der Waals surface area contributed by atoms with Crippen LogP contribution < -0.4 is 9.47 Å². The zero-order valence-corrected chi connectivity index (χ0v) is 23.3. The SMILES string of the molecule is COc1cc(/C=C2/SC(=O)N(Cc3ccc(I)cc3)C2=O)c(Br)cc1OCc1ccc([N+](=O)[O-])cc1. The van der Waals surface area contributed by atoms with Crippen LogP contribution in [0.3, 0.4) is 0 Å². The molecule has 0 radical (unpaired) electrons. The highest BCUT2D eigenvalue weighted by Gasteiger charge is 2.35. The number of hydrogen-bond donors (Lipinski definition) is 0. The van der Waals surface area contributed by atoms with Crippen molar-refractivity contribution in [3.63, 3.8) is 0 Å². The second-order valence-corrected chi connectivity index (χ2v) is 10.7. The second-order valence-electron chi connectivity index (χ2n) is 7.63. The van der Waals surface area contributed by atoms with Gasteiger partial charge in [0.1, 0.15) is 6.61 Å². The van der Waals surface area contributed by atoms with Gasteiger partial charge in [0.25, 0.3) is 16.8 Å². The summed E-state index contributed by atoms with van der Waals surface area (Å²) in [6.45, 7) is 0.385. The first-order valence-corrected chi connectivity index (χ1v) is 13.2. The Morgan fingerprint density at radius 1 is 1.06 bits per heavy atom. The molecule has 0 aromatic heterocycles. The molecule has 2 amide bonds. The zero-order chi connectivity index (χ0) is 25.8. The number of amides is 2. The first-order valence-electron chi connectivity index (χ1n) is 10.5. The van der Waals surface area contributed by atoms with E-state index in [9.17, 15) is 19.7 Å². The Morgan fingerprint density at radius 2 is 1.72 bits per heavy atom. The van der Waals surface area contributed by atoms with Crippen LogP contribution >= 0.6 is 50.3 Å². The molecule has 0 spiro atoms. The standard InChI is InChI=1S/C25H18BrIN2O6S/c1-34-21-10-17(20(26)12-22(21)35-14-16-4-8-19(9-5-16)29(32)33)11-23-24(30)28(25(31)36-23)13-15-2-6-18(27)7-3-15/h2-12H,13-14H2,1H3/b23-11+. The molecule has 3 aromatic carbocycles. The molecule has 11 heteroatoms. The average Bonchev–Trinajstić information content (AvgIpc) is 3.12. The molecule has 0 unspecified atom stereocenters. The Labute approximate surface area is 233 Å². The Balaban J connectivity index is 1.50. The molecule has 184 valence electrons. The maximum absolute atomic E-state index is 13.0. The number of imide groups is 1. The van der Waals surface area contributed by atoms with Crippen molar-refractivity contribution in [2.45, 2.75) is 13.2 Å². The fourth-order valence-electron chi connectivity index (χ4n) is 3.36. The molecule has 0 N–H and O–H groups in total. The summed E-state index contributed by atoms with van der Waals surface area (Å²) in [5.41, 5.74) is 2.28. The van der Waals surface area contributed by atoms with Gasteiger partial charge in [0, 0.05) is 20.2 Å². The van der Waals surface area contributed by atoms with E-state index in [0.717, 1.165) is 26.5 Å². The summed E-state index contributed by atoms with van der Waals surface area (Å²) in [4.78, 5) is 37.4. The minimum Gasteiger partial charge on any atom is -0.493 e. The molecular weight excluding hydrogens is 663 g/mol. The Morgan fingerprint density at radius 3 is 2.36 bits per heavy atom. The lowest BCUT2D eigenvalue weighted by Gasteiger charge is -2.13. The number of non-ortho nitro benzene ring substituents is 1. The van der Waals surface area contributed by atoms with Gasteiger partial charge in [-0.25, -0.2) is 0 Å². The van der Waals surface area contributed by atoms with Gasteiger partial charge in [0.2, 0.25) is 0 Å². The number of carbonyl (C=O) groups excluding carboxylic acids is 2. The highest BCUT2D eigenvalue weighted by molar-refractivity contribution is 14.1. The van der Waals surface area contributed by atoms with Gasteiger partial charge in [-0.05, 0) is 93.5 Å². The third-order valence-corrected chi connectivity index (χ3v) is 7.55. The first kappa shape index (κ1) is 26.2. The highest BCUT2D eigenvalue weighted by Crippen LogP contribution is 2.38. The summed E-state index contributed by atoms with van der Waals surface area (Å²) >= 11 is 6.60. The summed E-state index contributed by atoms with van der Waals surface area (Å²) in [6, 6.07) is 17.2. The minimum atomic E-state index is -0.458. The number of carbonyl (C=O) groups is 2. The van der Waals surface area contributed by atoms with Crippen molar-refractivity contribution in [1.29, 1.82) is 0 Å². The third-order valence-electron chi connectivity index (χ3n) is 5.24. The largest absolute Gasteiger partial charge is 0.493 e. The maximum atomic E-state index is 13.0. The van der Waals surface area contributed by atoms with Crippen molar-refractivity contribution in [1.82, 2.24) is 4.90 Å². The quantitative estimate of drug-likeness (QED) is 0.112. The summed E-state index contributed by atoms with van der Waals surface area (Å²) in [5, 5.41) is 10.5. The van der Waals surface area contributed by atoms with Crippen LogP contribution in [0.25, 0.3) is 6.08 Å². The molecule has 0 saturated carbocycles. The van der Waals surface area contributed by atoms with E-state index < -0.39 is 4.92 Å². The molecule has 1 fully saturated rings. The number of nitrogens with zero attached hydrogens (tertiary/aromatic N) is 2. The number of hydrogen-bond acceptors (Lipinski definition) is 7. The van der Waals surface area contributed by atoms with E-state index in [1.165, 1.54) is 24.1 Å². The summed E-state index contributed by atoms with van der Waals surface area (Å²) < 4.78 is 13.1. The van der Waals surface area contributed by atoms with Gasteiger partial charge in [-0.15, -0.1) is 0 Å². The van der Waals surface area contributed by atoms with Crippen molar-refractivity contribution < 1.29 is 24.0 Å². The van der Waals surface area contributed by atoms with E-state index in [0.29, 0.717) is 26.4 Å². The van der Waals surface area contributed by atoms with Crippen LogP contribution in [0, 0.1) is 13.7 Å². The molecule has 0 aliphatic carbocycles. The van der Waals surface area contributed by atoms with Gasteiger partial charge < -0.3 is 9.47 Å². The van der Waals surface area contributed by atoms with Crippen LogP contribution in [0.15, 0.2) is 70.0 Å². The van der Waals surface area contributed by atoms with Gasteiger partial charge in [0.15, 0.2) is 11.5 Å². The summed E-state index contributed by atoms with van der Waals surface area (Å²) in [5.74, 6) is 0.532. The predicted molar refractivity (Wildman–Crippen MR) is 149 cm³/mol. The number of ether oxygens (including phenoxy) is 2. The molecule has 1 aliphatic heterocycles. The lowest BCUT2D eigenvalue weighted by atomic mass is 10.1. The zero-order valence-electron chi connectivity index (χ0n) is 18.8.